The van der Waals surface area contributed by atoms with Gasteiger partial charge in [-0.25, -0.2) is 4.98 Å². The van der Waals surface area contributed by atoms with E-state index in [0.29, 0.717) is 42.0 Å². The normalized spacial score (nSPS) is 15.7. The summed E-state index contributed by atoms with van der Waals surface area (Å²) in [6.07, 6.45) is 2.67. The molecule has 174 valence electrons. The van der Waals surface area contributed by atoms with Crippen molar-refractivity contribution in [3.63, 3.8) is 0 Å². The van der Waals surface area contributed by atoms with E-state index in [1.165, 1.54) is 0 Å². The highest BCUT2D eigenvalue weighted by molar-refractivity contribution is 5.97. The first-order chi connectivity index (χ1) is 15.9. The minimum absolute atomic E-state index is 0.00190. The third-order valence-electron chi connectivity index (χ3n) is 6.62. The molecule has 1 N–H and O–H groups in total. The number of nitrogens with zero attached hydrogens (tertiary/aromatic N) is 2. The van der Waals surface area contributed by atoms with Gasteiger partial charge in [0.15, 0.2) is 5.58 Å². The maximum atomic E-state index is 13.1. The van der Waals surface area contributed by atoms with Crippen LogP contribution in [0.5, 0.6) is 0 Å². The second-order valence-corrected chi connectivity index (χ2v) is 9.46. The molecule has 4 rings (SSSR count). The molecule has 6 nitrogen and oxygen atoms in total. The average molecular weight is 448 g/mol. The van der Waals surface area contributed by atoms with E-state index in [2.05, 4.69) is 24.1 Å². The summed E-state index contributed by atoms with van der Waals surface area (Å²) in [6, 6.07) is 15.2. The lowest BCUT2D eigenvalue weighted by Gasteiger charge is -2.34. The highest BCUT2D eigenvalue weighted by atomic mass is 16.3. The Bertz CT molecular complexity index is 1100. The van der Waals surface area contributed by atoms with Crippen LogP contribution in [0.25, 0.3) is 22.6 Å². The molecule has 1 aromatic heterocycles. The first-order valence-corrected chi connectivity index (χ1v) is 12.0. The van der Waals surface area contributed by atoms with Gasteiger partial charge < -0.3 is 14.6 Å². The van der Waals surface area contributed by atoms with Crippen LogP contribution in [0.1, 0.15) is 50.4 Å². The molecule has 2 amide bonds. The van der Waals surface area contributed by atoms with Crippen LogP contribution in [0, 0.1) is 17.8 Å². The molecular formula is C27H33N3O3. The van der Waals surface area contributed by atoms with Gasteiger partial charge in [0.1, 0.15) is 5.52 Å². The zero-order valence-corrected chi connectivity index (χ0v) is 19.7. The van der Waals surface area contributed by atoms with Crippen molar-refractivity contribution in [2.24, 2.45) is 17.8 Å². The number of oxazole rings is 1. The van der Waals surface area contributed by atoms with E-state index in [-0.39, 0.29) is 17.7 Å². The standard InChI is InChI=1S/C27H33N3O3/c1-18(2)11-14-28-25(31)19(3)20-12-15-30(16-13-20)27(32)22-9-10-23-24(17-22)33-26(29-23)21-7-5-4-6-8-21/h4-10,17-20H,11-16H2,1-3H3,(H,28,31)/t19-/m0/s1. The summed E-state index contributed by atoms with van der Waals surface area (Å²) in [5.74, 6) is 1.54. The first-order valence-electron chi connectivity index (χ1n) is 12.0. The molecule has 0 unspecified atom stereocenters. The Morgan fingerprint density at radius 3 is 2.52 bits per heavy atom. The van der Waals surface area contributed by atoms with E-state index in [1.54, 1.807) is 6.07 Å². The average Bonchev–Trinajstić information content (AvgIpc) is 3.27. The molecular weight excluding hydrogens is 414 g/mol. The number of hydrogen-bond acceptors (Lipinski definition) is 4. The Kier molecular flexibility index (Phi) is 7.11. The molecule has 0 aliphatic carbocycles. The van der Waals surface area contributed by atoms with Gasteiger partial charge in [-0.1, -0.05) is 39.0 Å². The van der Waals surface area contributed by atoms with Gasteiger partial charge in [-0.2, -0.15) is 0 Å². The van der Waals surface area contributed by atoms with E-state index < -0.39 is 0 Å². The largest absolute Gasteiger partial charge is 0.436 e. The monoisotopic (exact) mass is 447 g/mol. The summed E-state index contributed by atoms with van der Waals surface area (Å²) >= 11 is 0. The fourth-order valence-corrected chi connectivity index (χ4v) is 4.41. The Morgan fingerprint density at radius 1 is 1.09 bits per heavy atom. The lowest BCUT2D eigenvalue weighted by Crippen LogP contribution is -2.42. The third-order valence-corrected chi connectivity index (χ3v) is 6.62. The number of piperidine rings is 1. The van der Waals surface area contributed by atoms with Crippen LogP contribution in [0.4, 0.5) is 0 Å². The van der Waals surface area contributed by atoms with Gasteiger partial charge in [-0.15, -0.1) is 0 Å². The van der Waals surface area contributed by atoms with Gasteiger partial charge in [0, 0.05) is 36.7 Å². The van der Waals surface area contributed by atoms with Crippen molar-refractivity contribution in [3.05, 3.63) is 54.1 Å². The summed E-state index contributed by atoms with van der Waals surface area (Å²) in [7, 11) is 0. The topological polar surface area (TPSA) is 75.4 Å². The van der Waals surface area contributed by atoms with Gasteiger partial charge in [0.25, 0.3) is 5.91 Å². The molecule has 0 spiro atoms. The molecule has 2 heterocycles. The first kappa shape index (κ1) is 23.0. The predicted octanol–water partition coefficient (Wildman–Crippen LogP) is 5.15. The summed E-state index contributed by atoms with van der Waals surface area (Å²) < 4.78 is 5.93. The van der Waals surface area contributed by atoms with Crippen LogP contribution >= 0.6 is 0 Å². The predicted molar refractivity (Wildman–Crippen MR) is 130 cm³/mol. The Hall–Kier alpha value is -3.15. The zero-order valence-electron chi connectivity index (χ0n) is 19.7. The van der Waals surface area contributed by atoms with Crippen molar-refractivity contribution in [3.8, 4) is 11.5 Å². The molecule has 3 aromatic rings. The number of rotatable bonds is 7. The number of aromatic nitrogens is 1. The molecule has 6 heteroatoms. The summed E-state index contributed by atoms with van der Waals surface area (Å²) in [6.45, 7) is 8.38. The lowest BCUT2D eigenvalue weighted by atomic mass is 9.84. The number of carbonyl (C=O) groups excluding carboxylic acids is 2. The second kappa shape index (κ2) is 10.2. The molecule has 0 saturated carbocycles. The van der Waals surface area contributed by atoms with Gasteiger partial charge >= 0.3 is 0 Å². The van der Waals surface area contributed by atoms with E-state index in [9.17, 15) is 9.59 Å². The smallest absolute Gasteiger partial charge is 0.253 e. The number of carbonyl (C=O) groups is 2. The second-order valence-electron chi connectivity index (χ2n) is 9.46. The highest BCUT2D eigenvalue weighted by Crippen LogP contribution is 2.28. The van der Waals surface area contributed by atoms with Crippen LogP contribution in [-0.2, 0) is 4.79 Å². The minimum Gasteiger partial charge on any atom is -0.436 e. The quantitative estimate of drug-likeness (QED) is 0.544. The maximum absolute atomic E-state index is 13.1. The number of fused-ring (bicyclic) bond motifs is 1. The van der Waals surface area contributed by atoms with Gasteiger partial charge in [-0.05, 0) is 61.4 Å². The lowest BCUT2D eigenvalue weighted by molar-refractivity contribution is -0.126. The number of likely N-dealkylation sites (tertiary alicyclic amines) is 1. The molecule has 0 bridgehead atoms. The van der Waals surface area contributed by atoms with Crippen LogP contribution in [-0.4, -0.2) is 41.3 Å². The summed E-state index contributed by atoms with van der Waals surface area (Å²) in [4.78, 5) is 32.0. The fourth-order valence-electron chi connectivity index (χ4n) is 4.41. The molecule has 2 aromatic carbocycles. The SMILES string of the molecule is CC(C)CCNC(=O)[C@@H](C)C1CCN(C(=O)c2ccc3nc(-c4ccccc4)oc3c2)CC1. The van der Waals surface area contributed by atoms with Gasteiger partial charge in [0.2, 0.25) is 11.8 Å². The molecule has 1 fully saturated rings. The van der Waals surface area contributed by atoms with Crippen LogP contribution < -0.4 is 5.32 Å². The van der Waals surface area contributed by atoms with Crippen LogP contribution in [0.3, 0.4) is 0 Å². The number of amides is 2. The number of nitrogens with one attached hydrogen (secondary N) is 1. The van der Waals surface area contributed by atoms with Crippen molar-refractivity contribution < 1.29 is 14.0 Å². The number of hydrogen-bond donors (Lipinski definition) is 1. The maximum Gasteiger partial charge on any atom is 0.253 e. The van der Waals surface area contributed by atoms with Gasteiger partial charge in [0.05, 0.1) is 0 Å². The molecule has 1 atom stereocenters. The van der Waals surface area contributed by atoms with Crippen molar-refractivity contribution in [1.82, 2.24) is 15.2 Å². The molecule has 1 aliphatic heterocycles. The Morgan fingerprint density at radius 2 is 1.82 bits per heavy atom. The third kappa shape index (κ3) is 5.44. The fraction of sp³-hybridized carbons (Fsp3) is 0.444. The molecule has 1 aliphatic rings. The van der Waals surface area contributed by atoms with Crippen molar-refractivity contribution in [2.75, 3.05) is 19.6 Å². The van der Waals surface area contributed by atoms with E-state index in [0.717, 1.165) is 36.9 Å². The van der Waals surface area contributed by atoms with Gasteiger partial charge in [-0.3, -0.25) is 9.59 Å². The summed E-state index contributed by atoms with van der Waals surface area (Å²) in [5.41, 5.74) is 2.87. The van der Waals surface area contributed by atoms with Crippen molar-refractivity contribution >= 4 is 22.9 Å². The van der Waals surface area contributed by atoms with Crippen LogP contribution in [0.15, 0.2) is 52.9 Å². The molecule has 33 heavy (non-hydrogen) atoms. The van der Waals surface area contributed by atoms with E-state index >= 15 is 0 Å². The number of benzene rings is 2. The molecule has 0 radical (unpaired) electrons. The van der Waals surface area contributed by atoms with E-state index in [1.807, 2.05) is 54.3 Å². The van der Waals surface area contributed by atoms with Crippen molar-refractivity contribution in [2.45, 2.75) is 40.0 Å². The van der Waals surface area contributed by atoms with Crippen molar-refractivity contribution in [1.29, 1.82) is 0 Å². The molecule has 1 saturated heterocycles. The Labute approximate surface area is 195 Å². The summed E-state index contributed by atoms with van der Waals surface area (Å²) in [5, 5.41) is 3.07. The van der Waals surface area contributed by atoms with Crippen LogP contribution in [0.2, 0.25) is 0 Å². The highest BCUT2D eigenvalue weighted by Gasteiger charge is 2.30. The zero-order chi connectivity index (χ0) is 23.4. The van der Waals surface area contributed by atoms with E-state index in [4.69, 9.17) is 4.42 Å². The minimum atomic E-state index is -0.0311. The Balaban J connectivity index is 1.36.